The number of amides is 2. The number of carbonyl (C=O) groups excluding carboxylic acids is 1. The summed E-state index contributed by atoms with van der Waals surface area (Å²) in [5, 5.41) is 16.0. The van der Waals surface area contributed by atoms with Crippen LogP contribution in [-0.2, 0) is 24.7 Å². The first-order valence-corrected chi connectivity index (χ1v) is 9.81. The summed E-state index contributed by atoms with van der Waals surface area (Å²) in [5.41, 5.74) is 7.04. The zero-order chi connectivity index (χ0) is 19.2. The fourth-order valence-corrected chi connectivity index (χ4v) is 4.30. The molecule has 27 heavy (non-hydrogen) atoms. The van der Waals surface area contributed by atoms with E-state index >= 15 is 0 Å². The van der Waals surface area contributed by atoms with Crippen LogP contribution in [0.15, 0.2) is 36.4 Å². The molecule has 4 nitrogen and oxygen atoms in total. The van der Waals surface area contributed by atoms with Crippen molar-refractivity contribution < 1.29 is 9.90 Å². The number of anilines is 1. The zero-order valence-corrected chi connectivity index (χ0v) is 16.3. The second kappa shape index (κ2) is 6.68. The molecular weight excluding hydrogens is 336 g/mol. The van der Waals surface area contributed by atoms with Crippen molar-refractivity contribution in [1.82, 2.24) is 5.32 Å². The van der Waals surface area contributed by atoms with Crippen molar-refractivity contribution in [1.29, 1.82) is 0 Å². The van der Waals surface area contributed by atoms with E-state index in [-0.39, 0.29) is 23.6 Å². The number of benzene rings is 2. The minimum absolute atomic E-state index is 0.0522. The predicted octanol–water partition coefficient (Wildman–Crippen LogP) is 4.25. The van der Waals surface area contributed by atoms with Gasteiger partial charge in [0, 0.05) is 12.1 Å². The largest absolute Gasteiger partial charge is 0.392 e. The molecule has 0 unspecified atom stereocenters. The maximum absolute atomic E-state index is 12.6. The van der Waals surface area contributed by atoms with Gasteiger partial charge < -0.3 is 15.7 Å². The Balaban J connectivity index is 1.46. The molecule has 142 valence electrons. The molecule has 0 fully saturated rings. The van der Waals surface area contributed by atoms with Crippen molar-refractivity contribution in [3.05, 3.63) is 64.2 Å². The molecule has 0 radical (unpaired) electrons. The number of fused-ring (bicyclic) bond motifs is 2. The van der Waals surface area contributed by atoms with E-state index < -0.39 is 0 Å². The van der Waals surface area contributed by atoms with E-state index in [1.54, 1.807) is 0 Å². The van der Waals surface area contributed by atoms with Crippen LogP contribution in [0.1, 0.15) is 61.1 Å². The van der Waals surface area contributed by atoms with Crippen LogP contribution in [0.3, 0.4) is 0 Å². The highest BCUT2D eigenvalue weighted by atomic mass is 16.3. The van der Waals surface area contributed by atoms with Crippen LogP contribution in [0.5, 0.6) is 0 Å². The molecule has 2 atom stereocenters. The number of hydrogen-bond donors (Lipinski definition) is 3. The first-order valence-electron chi connectivity index (χ1n) is 9.81. The van der Waals surface area contributed by atoms with Crippen LogP contribution in [0.4, 0.5) is 10.5 Å². The van der Waals surface area contributed by atoms with Crippen molar-refractivity contribution in [3.63, 3.8) is 0 Å². The number of rotatable bonds is 2. The molecule has 2 aromatic rings. The SMILES string of the molecule is CC(C)(C)c1ccc2c(c1)CC[C@H]2NC(=O)Nc1cccc2c1C[C@H](O)C2. The van der Waals surface area contributed by atoms with Gasteiger partial charge in [-0.1, -0.05) is 51.1 Å². The molecule has 4 heteroatoms. The summed E-state index contributed by atoms with van der Waals surface area (Å²) >= 11 is 0. The Labute approximate surface area is 161 Å². The Hall–Kier alpha value is -2.33. The number of nitrogens with one attached hydrogen (secondary N) is 2. The molecule has 0 saturated heterocycles. The lowest BCUT2D eigenvalue weighted by Crippen LogP contribution is -2.32. The van der Waals surface area contributed by atoms with Gasteiger partial charge in [0.15, 0.2) is 0 Å². The Bertz CT molecular complexity index is 882. The molecule has 0 spiro atoms. The molecule has 0 aromatic heterocycles. The van der Waals surface area contributed by atoms with Crippen LogP contribution in [0, 0.1) is 0 Å². The normalized spacial score (nSPS) is 20.9. The monoisotopic (exact) mass is 364 g/mol. The number of carbonyl (C=O) groups is 1. The van der Waals surface area contributed by atoms with E-state index in [0.29, 0.717) is 12.8 Å². The number of aryl methyl sites for hydroxylation is 1. The lowest BCUT2D eigenvalue weighted by atomic mass is 9.85. The van der Waals surface area contributed by atoms with E-state index in [4.69, 9.17) is 0 Å². The van der Waals surface area contributed by atoms with Gasteiger partial charge in [-0.05, 0) is 58.6 Å². The van der Waals surface area contributed by atoms with Crippen molar-refractivity contribution in [2.24, 2.45) is 0 Å². The smallest absolute Gasteiger partial charge is 0.319 e. The molecular formula is C23H28N2O2. The van der Waals surface area contributed by atoms with Gasteiger partial charge in [0.1, 0.15) is 0 Å². The average Bonchev–Trinajstić information content (AvgIpc) is 3.17. The van der Waals surface area contributed by atoms with Gasteiger partial charge in [0.25, 0.3) is 0 Å². The molecule has 3 N–H and O–H groups in total. The standard InChI is InChI=1S/C23H28N2O2/c1-23(2,3)16-8-9-18-15(11-16)7-10-21(18)25-22(27)24-20-6-4-5-14-12-17(26)13-19(14)20/h4-6,8-9,11,17,21,26H,7,10,12-13H2,1-3H3,(H2,24,25,27)/t17-,21-/m1/s1. The number of aliphatic hydroxyl groups is 1. The van der Waals surface area contributed by atoms with Gasteiger partial charge in [0.05, 0.1) is 12.1 Å². The molecule has 0 saturated carbocycles. The van der Waals surface area contributed by atoms with E-state index in [0.717, 1.165) is 29.7 Å². The molecule has 4 rings (SSSR count). The van der Waals surface area contributed by atoms with Gasteiger partial charge in [-0.15, -0.1) is 0 Å². The lowest BCUT2D eigenvalue weighted by molar-refractivity contribution is 0.187. The van der Waals surface area contributed by atoms with E-state index in [1.807, 2.05) is 18.2 Å². The third-order valence-electron chi connectivity index (χ3n) is 5.81. The number of aliphatic hydroxyl groups excluding tert-OH is 1. The molecule has 2 aliphatic carbocycles. The van der Waals surface area contributed by atoms with Gasteiger partial charge >= 0.3 is 6.03 Å². The van der Waals surface area contributed by atoms with Gasteiger partial charge in [-0.3, -0.25) is 0 Å². The number of hydrogen-bond acceptors (Lipinski definition) is 2. The van der Waals surface area contributed by atoms with E-state index in [1.165, 1.54) is 16.7 Å². The van der Waals surface area contributed by atoms with Crippen LogP contribution in [0.25, 0.3) is 0 Å². The molecule has 2 amide bonds. The Morgan fingerprint density at radius 2 is 1.93 bits per heavy atom. The summed E-state index contributed by atoms with van der Waals surface area (Å²) in [6.07, 6.45) is 2.86. The topological polar surface area (TPSA) is 61.4 Å². The molecule has 0 bridgehead atoms. The second-order valence-corrected chi connectivity index (χ2v) is 8.86. The highest BCUT2D eigenvalue weighted by Crippen LogP contribution is 2.35. The highest BCUT2D eigenvalue weighted by molar-refractivity contribution is 5.90. The Kier molecular flexibility index (Phi) is 4.47. The lowest BCUT2D eigenvalue weighted by Gasteiger charge is -2.21. The highest BCUT2D eigenvalue weighted by Gasteiger charge is 2.27. The van der Waals surface area contributed by atoms with E-state index in [2.05, 4.69) is 49.6 Å². The summed E-state index contributed by atoms with van der Waals surface area (Å²) in [5.74, 6) is 0. The van der Waals surface area contributed by atoms with Crippen LogP contribution in [0.2, 0.25) is 0 Å². The quantitative estimate of drug-likeness (QED) is 0.746. The third-order valence-corrected chi connectivity index (χ3v) is 5.81. The summed E-state index contributed by atoms with van der Waals surface area (Å²) in [4.78, 5) is 12.6. The van der Waals surface area contributed by atoms with Crippen LogP contribution >= 0.6 is 0 Å². The maximum Gasteiger partial charge on any atom is 0.319 e. The van der Waals surface area contributed by atoms with Crippen LogP contribution in [-0.4, -0.2) is 17.2 Å². The Morgan fingerprint density at radius 1 is 1.11 bits per heavy atom. The first kappa shape index (κ1) is 18.1. The Morgan fingerprint density at radius 3 is 2.70 bits per heavy atom. The molecule has 0 heterocycles. The minimum Gasteiger partial charge on any atom is -0.392 e. The fourth-order valence-electron chi connectivity index (χ4n) is 4.30. The second-order valence-electron chi connectivity index (χ2n) is 8.86. The van der Waals surface area contributed by atoms with Gasteiger partial charge in [0.2, 0.25) is 0 Å². The third kappa shape index (κ3) is 3.59. The van der Waals surface area contributed by atoms with Gasteiger partial charge in [-0.25, -0.2) is 4.79 Å². The summed E-state index contributed by atoms with van der Waals surface area (Å²) in [7, 11) is 0. The molecule has 2 aliphatic rings. The fraction of sp³-hybridized carbons (Fsp3) is 0.435. The summed E-state index contributed by atoms with van der Waals surface area (Å²) < 4.78 is 0. The van der Waals surface area contributed by atoms with Crippen LogP contribution < -0.4 is 10.6 Å². The van der Waals surface area contributed by atoms with E-state index in [9.17, 15) is 9.90 Å². The zero-order valence-electron chi connectivity index (χ0n) is 16.3. The first-order chi connectivity index (χ1) is 12.8. The van der Waals surface area contributed by atoms with Crippen molar-refractivity contribution in [2.75, 3.05) is 5.32 Å². The van der Waals surface area contributed by atoms with Crippen molar-refractivity contribution in [3.8, 4) is 0 Å². The van der Waals surface area contributed by atoms with Crippen molar-refractivity contribution in [2.45, 2.75) is 64.0 Å². The van der Waals surface area contributed by atoms with Gasteiger partial charge in [-0.2, -0.15) is 0 Å². The summed E-state index contributed by atoms with van der Waals surface area (Å²) in [6.45, 7) is 6.67. The average molecular weight is 364 g/mol. The molecule has 2 aromatic carbocycles. The summed E-state index contributed by atoms with van der Waals surface area (Å²) in [6, 6.07) is 12.4. The molecule has 0 aliphatic heterocycles. The number of urea groups is 1. The minimum atomic E-state index is -0.343. The predicted molar refractivity (Wildman–Crippen MR) is 108 cm³/mol. The maximum atomic E-state index is 12.6. The van der Waals surface area contributed by atoms with Crippen molar-refractivity contribution >= 4 is 11.7 Å².